The zero-order valence-electron chi connectivity index (χ0n) is 22.9. The zero-order valence-corrected chi connectivity index (χ0v) is 24.7. The van der Waals surface area contributed by atoms with Gasteiger partial charge in [-0.2, -0.15) is 0 Å². The van der Waals surface area contributed by atoms with E-state index in [0.717, 1.165) is 60.4 Å². The Balaban J connectivity index is 1.21. The van der Waals surface area contributed by atoms with Gasteiger partial charge in [0.05, 0.1) is 6.61 Å². The molecule has 0 aliphatic heterocycles. The molecule has 0 amide bonds. The van der Waals surface area contributed by atoms with Crippen LogP contribution in [0.25, 0.3) is 0 Å². The van der Waals surface area contributed by atoms with E-state index in [9.17, 15) is 18.9 Å². The Kier molecular flexibility index (Phi) is 7.86. The van der Waals surface area contributed by atoms with Gasteiger partial charge in [0.25, 0.3) is 0 Å². The summed E-state index contributed by atoms with van der Waals surface area (Å²) in [5.74, 6) is 7.17. The van der Waals surface area contributed by atoms with Gasteiger partial charge < -0.3 is 14.3 Å². The first-order valence-corrected chi connectivity index (χ1v) is 18.9. The third kappa shape index (κ3) is 5.67. The van der Waals surface area contributed by atoms with Crippen LogP contribution < -0.4 is 0 Å². The van der Waals surface area contributed by atoms with E-state index in [0.29, 0.717) is 11.8 Å². The molecule has 5 nitrogen and oxygen atoms in total. The van der Waals surface area contributed by atoms with Crippen molar-refractivity contribution in [2.75, 3.05) is 19.2 Å². The van der Waals surface area contributed by atoms with Crippen molar-refractivity contribution in [2.24, 2.45) is 64.6 Å². The van der Waals surface area contributed by atoms with Crippen molar-refractivity contribution in [1.82, 2.24) is 0 Å². The minimum Gasteiger partial charge on any atom is -0.344 e. The molecule has 0 aromatic rings. The minimum atomic E-state index is -4.03. The average Bonchev–Trinajstić information content (AvgIpc) is 3.39. The van der Waals surface area contributed by atoms with Crippen LogP contribution in [-0.2, 0) is 13.7 Å². The number of hydrogen-bond acceptors (Lipinski definition) is 3. The van der Waals surface area contributed by atoms with Crippen LogP contribution in [0.4, 0.5) is 0 Å². The maximum atomic E-state index is 12.4. The fourth-order valence-electron chi connectivity index (χ4n) is 9.84. The molecule has 0 spiro atoms. The van der Waals surface area contributed by atoms with Gasteiger partial charge >= 0.3 is 7.60 Å². The summed E-state index contributed by atoms with van der Waals surface area (Å²) < 4.78 is 29.6. The van der Waals surface area contributed by atoms with Gasteiger partial charge in [-0.15, -0.1) is 0 Å². The van der Waals surface area contributed by atoms with Gasteiger partial charge in [-0.1, -0.05) is 32.9 Å². The number of allylic oxidation sites excluding steroid dienone is 2. The molecule has 36 heavy (non-hydrogen) atoms. The highest BCUT2D eigenvalue weighted by molar-refractivity contribution is 7.72. The van der Waals surface area contributed by atoms with Crippen LogP contribution in [0.3, 0.4) is 0 Å². The lowest BCUT2D eigenvalue weighted by Crippen LogP contribution is -2.44. The van der Waals surface area contributed by atoms with Crippen LogP contribution >= 0.6 is 15.0 Å². The third-order valence-electron chi connectivity index (χ3n) is 11.6. The van der Waals surface area contributed by atoms with Gasteiger partial charge in [0.15, 0.2) is 0 Å². The molecule has 5 aliphatic rings. The van der Waals surface area contributed by atoms with Crippen LogP contribution in [0.15, 0.2) is 12.2 Å². The van der Waals surface area contributed by atoms with Gasteiger partial charge in [0.1, 0.15) is 5.90 Å². The van der Waals surface area contributed by atoms with Gasteiger partial charge in [-0.05, 0) is 129 Å². The summed E-state index contributed by atoms with van der Waals surface area (Å²) >= 11 is 0. The van der Waals surface area contributed by atoms with Gasteiger partial charge in [-0.3, -0.25) is 9.13 Å². The van der Waals surface area contributed by atoms with Gasteiger partial charge in [0, 0.05) is 6.66 Å². The topological polar surface area (TPSA) is 83.8 Å². The SMILES string of the molecule is CCC=CCC1CC2CC3CC4C(CCC5(C)C(COP(=O)(O)CP(C)(=O)O)C45)CC3CC2CC1C. The molecular weight excluding hydrogens is 490 g/mol. The van der Waals surface area contributed by atoms with E-state index in [1.807, 2.05) is 0 Å². The second-order valence-corrected chi connectivity index (χ2v) is 18.8. The van der Waals surface area contributed by atoms with Crippen molar-refractivity contribution < 1.29 is 23.4 Å². The van der Waals surface area contributed by atoms with Crippen molar-refractivity contribution >= 4 is 15.0 Å². The van der Waals surface area contributed by atoms with Crippen molar-refractivity contribution in [2.45, 2.75) is 85.0 Å². The van der Waals surface area contributed by atoms with Crippen LogP contribution in [0.2, 0.25) is 0 Å². The predicted molar refractivity (Wildman–Crippen MR) is 146 cm³/mol. The Morgan fingerprint density at radius 2 is 1.58 bits per heavy atom. The first-order chi connectivity index (χ1) is 16.9. The summed E-state index contributed by atoms with van der Waals surface area (Å²) in [5, 5.41) is 0. The molecule has 0 aromatic heterocycles. The lowest BCUT2D eigenvalue weighted by molar-refractivity contribution is -0.0311. The molecule has 0 heterocycles. The summed E-state index contributed by atoms with van der Waals surface area (Å²) in [6.07, 6.45) is 18.2. The van der Waals surface area contributed by atoms with Crippen molar-refractivity contribution in [3.05, 3.63) is 12.2 Å². The van der Waals surface area contributed by atoms with E-state index in [1.54, 1.807) is 0 Å². The van der Waals surface area contributed by atoms with E-state index in [1.165, 1.54) is 57.8 Å². The fraction of sp³-hybridized carbons (Fsp3) is 0.931. The van der Waals surface area contributed by atoms with E-state index in [4.69, 9.17) is 4.52 Å². The van der Waals surface area contributed by atoms with Crippen LogP contribution in [0, 0.1) is 64.6 Å². The highest BCUT2D eigenvalue weighted by Gasteiger charge is 2.68. The predicted octanol–water partition coefficient (Wildman–Crippen LogP) is 7.78. The molecule has 5 saturated carbocycles. The van der Waals surface area contributed by atoms with Crippen molar-refractivity contribution in [1.29, 1.82) is 0 Å². The van der Waals surface area contributed by atoms with Crippen LogP contribution in [0.5, 0.6) is 0 Å². The molecule has 0 bridgehead atoms. The van der Waals surface area contributed by atoms with E-state index >= 15 is 0 Å². The Hall–Kier alpha value is 0.0800. The van der Waals surface area contributed by atoms with Gasteiger partial charge in [-0.25, -0.2) is 0 Å². The first-order valence-electron chi connectivity index (χ1n) is 14.8. The third-order valence-corrected chi connectivity index (χ3v) is 15.7. The second kappa shape index (κ2) is 10.2. The summed E-state index contributed by atoms with van der Waals surface area (Å²) in [7, 11) is -7.61. The maximum Gasteiger partial charge on any atom is 0.337 e. The summed E-state index contributed by atoms with van der Waals surface area (Å²) in [6, 6.07) is 0. The van der Waals surface area contributed by atoms with Crippen LogP contribution in [0.1, 0.15) is 85.0 Å². The van der Waals surface area contributed by atoms with E-state index in [-0.39, 0.29) is 12.0 Å². The monoisotopic (exact) mass is 540 g/mol. The van der Waals surface area contributed by atoms with E-state index < -0.39 is 20.9 Å². The maximum absolute atomic E-state index is 12.4. The highest BCUT2D eigenvalue weighted by Crippen LogP contribution is 2.73. The molecular formula is C29H50O5P2. The molecule has 5 aliphatic carbocycles. The Morgan fingerprint density at radius 3 is 2.28 bits per heavy atom. The Bertz CT molecular complexity index is 929. The largest absolute Gasteiger partial charge is 0.344 e. The quantitative estimate of drug-likeness (QED) is 0.243. The normalized spacial score (nSPS) is 49.2. The number of hydrogen-bond donors (Lipinski definition) is 2. The molecule has 2 N–H and O–H groups in total. The van der Waals surface area contributed by atoms with Crippen molar-refractivity contribution in [3.8, 4) is 0 Å². The molecule has 5 rings (SSSR count). The number of fused-ring (bicyclic) bond motifs is 5. The Labute approximate surface area is 219 Å². The second-order valence-electron chi connectivity index (χ2n) is 14.0. The average molecular weight is 541 g/mol. The number of rotatable bonds is 8. The highest BCUT2D eigenvalue weighted by atomic mass is 31.2. The molecule has 13 atom stereocenters. The molecule has 0 radical (unpaired) electrons. The first kappa shape index (κ1) is 27.6. The molecule has 5 fully saturated rings. The fourth-order valence-corrected chi connectivity index (χ4v) is 13.2. The smallest absolute Gasteiger partial charge is 0.337 e. The summed E-state index contributed by atoms with van der Waals surface area (Å²) in [6.45, 7) is 8.49. The molecule has 13 unspecified atom stereocenters. The van der Waals surface area contributed by atoms with Crippen molar-refractivity contribution in [3.63, 3.8) is 0 Å². The van der Waals surface area contributed by atoms with Gasteiger partial charge in [0.2, 0.25) is 7.37 Å². The minimum absolute atomic E-state index is 0.220. The van der Waals surface area contributed by atoms with E-state index in [2.05, 4.69) is 32.9 Å². The summed E-state index contributed by atoms with van der Waals surface area (Å²) in [4.78, 5) is 19.7. The molecule has 206 valence electrons. The lowest BCUT2D eigenvalue weighted by atomic mass is 9.52. The summed E-state index contributed by atoms with van der Waals surface area (Å²) in [5.41, 5.74) is 0.220. The standard InChI is InChI=1S/C29H50O5P2/c1-5-6-7-8-20-12-23-15-25-16-26-21(13-24(25)14-22(23)11-19(20)2)9-10-29(3)27(28(26)29)17-34-36(32,33)18-35(4,30)31/h6-7,19-28H,5,8-18H2,1-4H3,(H,30,31)(H,32,33). The molecule has 7 heteroatoms. The van der Waals surface area contributed by atoms with Crippen LogP contribution in [-0.4, -0.2) is 29.0 Å². The molecule has 0 aromatic carbocycles. The Morgan fingerprint density at radius 1 is 0.944 bits per heavy atom. The molecule has 0 saturated heterocycles. The lowest BCUT2D eigenvalue weighted by Gasteiger charge is -2.53. The zero-order chi connectivity index (χ0) is 25.9.